The van der Waals surface area contributed by atoms with Gasteiger partial charge in [-0.05, 0) is 55.7 Å². The molecule has 1 saturated heterocycles. The Hall–Kier alpha value is -1.66. The van der Waals surface area contributed by atoms with E-state index in [-0.39, 0.29) is 11.2 Å². The maximum atomic E-state index is 13.3. The highest BCUT2D eigenvalue weighted by molar-refractivity contribution is 5.79. The second-order valence-corrected chi connectivity index (χ2v) is 7.62. The Morgan fingerprint density at radius 2 is 1.96 bits per heavy atom. The molecule has 0 spiro atoms. The van der Waals surface area contributed by atoms with Gasteiger partial charge in [-0.25, -0.2) is 4.39 Å². The number of rotatable bonds is 9. The Bertz CT molecular complexity index is 596. The number of guanidine groups is 1. The minimum Gasteiger partial charge on any atom is -0.381 e. The summed E-state index contributed by atoms with van der Waals surface area (Å²) in [6.07, 6.45) is 5.45. The Kier molecular flexibility index (Phi) is 7.47. The quantitative estimate of drug-likeness (QED) is 0.395. The summed E-state index contributed by atoms with van der Waals surface area (Å²) < 4.78 is 24.6. The summed E-state index contributed by atoms with van der Waals surface area (Å²) >= 11 is 0. The normalized spacial score (nSPS) is 19.7. The Morgan fingerprint density at radius 3 is 2.63 bits per heavy atom. The lowest BCUT2D eigenvalue weighted by atomic mass is 9.74. The van der Waals surface area contributed by atoms with Gasteiger partial charge in [-0.3, -0.25) is 4.99 Å². The van der Waals surface area contributed by atoms with E-state index in [1.807, 2.05) is 12.1 Å². The molecule has 0 amide bonds. The van der Waals surface area contributed by atoms with Gasteiger partial charge in [-0.2, -0.15) is 0 Å². The molecule has 3 rings (SSSR count). The van der Waals surface area contributed by atoms with Crippen molar-refractivity contribution in [2.45, 2.75) is 37.5 Å². The highest BCUT2D eigenvalue weighted by Gasteiger charge is 2.34. The summed E-state index contributed by atoms with van der Waals surface area (Å²) in [6.45, 7) is 4.73. The molecule has 1 aromatic rings. The predicted molar refractivity (Wildman–Crippen MR) is 106 cm³/mol. The average Bonchev–Trinajstić information content (AvgIpc) is 3.52. The van der Waals surface area contributed by atoms with Crippen molar-refractivity contribution in [3.63, 3.8) is 0 Å². The molecule has 0 aromatic heterocycles. The molecular weight excluding hydrogens is 345 g/mol. The molecule has 0 bridgehead atoms. The molecule has 1 aliphatic heterocycles. The molecule has 2 fully saturated rings. The first-order valence-corrected chi connectivity index (χ1v) is 10.1. The molecule has 0 unspecified atom stereocenters. The van der Waals surface area contributed by atoms with Crippen LogP contribution in [0.1, 0.15) is 37.7 Å². The van der Waals surface area contributed by atoms with Crippen molar-refractivity contribution in [3.05, 3.63) is 35.6 Å². The molecule has 0 radical (unpaired) electrons. The minimum atomic E-state index is -0.199. The lowest BCUT2D eigenvalue weighted by Crippen LogP contribution is -2.48. The van der Waals surface area contributed by atoms with Crippen LogP contribution in [0.15, 0.2) is 29.3 Å². The van der Waals surface area contributed by atoms with E-state index in [0.717, 1.165) is 76.2 Å². The van der Waals surface area contributed by atoms with E-state index in [9.17, 15) is 4.39 Å². The summed E-state index contributed by atoms with van der Waals surface area (Å²) in [5, 5.41) is 6.82. The summed E-state index contributed by atoms with van der Waals surface area (Å²) in [5.41, 5.74) is 1.10. The zero-order valence-corrected chi connectivity index (χ0v) is 16.3. The smallest absolute Gasteiger partial charge is 0.191 e. The van der Waals surface area contributed by atoms with Crippen LogP contribution in [0.2, 0.25) is 0 Å². The van der Waals surface area contributed by atoms with Crippen LogP contribution in [0.3, 0.4) is 0 Å². The number of nitrogens with zero attached hydrogens (tertiary/aromatic N) is 1. The molecule has 1 heterocycles. The first-order valence-electron chi connectivity index (χ1n) is 10.1. The van der Waals surface area contributed by atoms with Crippen LogP contribution in [-0.2, 0) is 14.9 Å². The van der Waals surface area contributed by atoms with Gasteiger partial charge in [-0.1, -0.05) is 12.1 Å². The van der Waals surface area contributed by atoms with E-state index < -0.39 is 0 Å². The lowest BCUT2D eigenvalue weighted by Gasteiger charge is -2.38. The van der Waals surface area contributed by atoms with E-state index in [4.69, 9.17) is 9.47 Å². The van der Waals surface area contributed by atoms with E-state index in [1.165, 1.54) is 12.8 Å². The van der Waals surface area contributed by atoms with E-state index in [1.54, 1.807) is 19.2 Å². The van der Waals surface area contributed by atoms with Gasteiger partial charge in [0.15, 0.2) is 5.96 Å². The van der Waals surface area contributed by atoms with Gasteiger partial charge in [0.2, 0.25) is 0 Å². The average molecular weight is 378 g/mol. The molecule has 27 heavy (non-hydrogen) atoms. The highest BCUT2D eigenvalue weighted by Crippen LogP contribution is 2.34. The van der Waals surface area contributed by atoms with Gasteiger partial charge >= 0.3 is 0 Å². The SMILES string of the molecule is CN=C(NCCCOCC1CC1)NCC1(c2ccc(F)cc2)CCOCC1. The topological polar surface area (TPSA) is 54.9 Å². The number of hydrogen-bond donors (Lipinski definition) is 2. The summed E-state index contributed by atoms with van der Waals surface area (Å²) in [6, 6.07) is 6.88. The van der Waals surface area contributed by atoms with Crippen LogP contribution in [0.4, 0.5) is 4.39 Å². The third-order valence-corrected chi connectivity index (χ3v) is 5.53. The van der Waals surface area contributed by atoms with E-state index >= 15 is 0 Å². The lowest BCUT2D eigenvalue weighted by molar-refractivity contribution is 0.0513. The zero-order chi connectivity index (χ0) is 19.0. The molecular formula is C21H32FN3O2. The summed E-state index contributed by atoms with van der Waals surface area (Å²) in [7, 11) is 1.79. The second kappa shape index (κ2) is 10.0. The Labute approximate surface area is 161 Å². The first-order chi connectivity index (χ1) is 13.2. The van der Waals surface area contributed by atoms with Gasteiger partial charge in [0.05, 0.1) is 0 Å². The van der Waals surface area contributed by atoms with Crippen LogP contribution in [0, 0.1) is 11.7 Å². The zero-order valence-electron chi connectivity index (χ0n) is 16.3. The molecule has 2 N–H and O–H groups in total. The largest absolute Gasteiger partial charge is 0.381 e. The minimum absolute atomic E-state index is 0.0586. The highest BCUT2D eigenvalue weighted by atomic mass is 19.1. The number of nitrogens with one attached hydrogen (secondary N) is 2. The van der Waals surface area contributed by atoms with Crippen molar-refractivity contribution in [1.29, 1.82) is 0 Å². The molecule has 0 atom stereocenters. The number of benzene rings is 1. The van der Waals surface area contributed by atoms with Crippen molar-refractivity contribution in [3.8, 4) is 0 Å². The molecule has 6 heteroatoms. The van der Waals surface area contributed by atoms with Crippen molar-refractivity contribution < 1.29 is 13.9 Å². The molecule has 2 aliphatic rings. The van der Waals surface area contributed by atoms with Gasteiger partial charge in [0, 0.05) is 52.0 Å². The standard InChI is InChI=1S/C21H32FN3O2/c1-23-20(24-11-2-12-27-15-17-3-4-17)25-16-21(9-13-26-14-10-21)18-5-7-19(22)8-6-18/h5-8,17H,2-4,9-16H2,1H3,(H2,23,24,25). The number of hydrogen-bond acceptors (Lipinski definition) is 3. The molecule has 1 saturated carbocycles. The maximum Gasteiger partial charge on any atom is 0.191 e. The molecule has 150 valence electrons. The Balaban J connectivity index is 1.46. The third kappa shape index (κ3) is 6.18. The van der Waals surface area contributed by atoms with E-state index in [2.05, 4.69) is 15.6 Å². The van der Waals surface area contributed by atoms with Crippen molar-refractivity contribution >= 4 is 5.96 Å². The summed E-state index contributed by atoms with van der Waals surface area (Å²) in [4.78, 5) is 4.33. The monoisotopic (exact) mass is 377 g/mol. The fraction of sp³-hybridized carbons (Fsp3) is 0.667. The van der Waals surface area contributed by atoms with Crippen LogP contribution in [0.5, 0.6) is 0 Å². The van der Waals surface area contributed by atoms with Crippen LogP contribution in [-0.4, -0.2) is 52.5 Å². The van der Waals surface area contributed by atoms with Crippen molar-refractivity contribution in [2.24, 2.45) is 10.9 Å². The van der Waals surface area contributed by atoms with Gasteiger partial charge in [0.1, 0.15) is 5.82 Å². The molecule has 1 aromatic carbocycles. The first kappa shape index (κ1) is 20.1. The van der Waals surface area contributed by atoms with Gasteiger partial charge in [-0.15, -0.1) is 0 Å². The predicted octanol–water partition coefficient (Wildman–Crippen LogP) is 2.86. The fourth-order valence-electron chi connectivity index (χ4n) is 3.52. The van der Waals surface area contributed by atoms with E-state index in [0.29, 0.717) is 0 Å². The number of halogens is 1. The molecule has 5 nitrogen and oxygen atoms in total. The number of aliphatic imine (C=N–C) groups is 1. The number of ether oxygens (including phenoxy) is 2. The maximum absolute atomic E-state index is 13.3. The van der Waals surface area contributed by atoms with Crippen LogP contribution < -0.4 is 10.6 Å². The van der Waals surface area contributed by atoms with Gasteiger partial charge < -0.3 is 20.1 Å². The third-order valence-electron chi connectivity index (χ3n) is 5.53. The Morgan fingerprint density at radius 1 is 1.22 bits per heavy atom. The van der Waals surface area contributed by atoms with Crippen LogP contribution in [0.25, 0.3) is 0 Å². The van der Waals surface area contributed by atoms with Crippen molar-refractivity contribution in [1.82, 2.24) is 10.6 Å². The van der Waals surface area contributed by atoms with Crippen molar-refractivity contribution in [2.75, 3.05) is 46.6 Å². The molecule has 1 aliphatic carbocycles. The van der Waals surface area contributed by atoms with Crippen LogP contribution >= 0.6 is 0 Å². The second-order valence-electron chi connectivity index (χ2n) is 7.62. The van der Waals surface area contributed by atoms with Gasteiger partial charge in [0.25, 0.3) is 0 Å². The fourth-order valence-corrected chi connectivity index (χ4v) is 3.52. The summed E-state index contributed by atoms with van der Waals surface area (Å²) in [5.74, 6) is 1.41.